The lowest BCUT2D eigenvalue weighted by Crippen LogP contribution is -2.56. The lowest BCUT2D eigenvalue weighted by atomic mass is 9.61. The maximum absolute atomic E-state index is 13.2. The molecule has 1 amide bonds. The van der Waals surface area contributed by atoms with E-state index in [4.69, 9.17) is 24.2 Å². The molecule has 2 saturated heterocycles. The lowest BCUT2D eigenvalue weighted by molar-refractivity contribution is 0.0144. The average Bonchev–Trinajstić information content (AvgIpc) is 3.54. The van der Waals surface area contributed by atoms with Gasteiger partial charge in [-0.05, 0) is 127 Å². The first-order valence-corrected chi connectivity index (χ1v) is 19.2. The first-order chi connectivity index (χ1) is 25.0. The molecule has 0 radical (unpaired) electrons. The Balaban J connectivity index is 1.20. The van der Waals surface area contributed by atoms with Crippen LogP contribution >= 0.6 is 0 Å². The van der Waals surface area contributed by atoms with Gasteiger partial charge in [0, 0.05) is 36.7 Å². The number of carbonyl (C=O) groups excluding carboxylic acids is 1. The summed E-state index contributed by atoms with van der Waals surface area (Å²) < 4.78 is 18.6. The fourth-order valence-electron chi connectivity index (χ4n) is 8.84. The van der Waals surface area contributed by atoms with Gasteiger partial charge < -0.3 is 28.9 Å². The summed E-state index contributed by atoms with van der Waals surface area (Å²) >= 11 is 0. The van der Waals surface area contributed by atoms with Gasteiger partial charge in [0.2, 0.25) is 0 Å². The molecule has 52 heavy (non-hydrogen) atoms. The Morgan fingerprint density at radius 3 is 2.58 bits per heavy atom. The fourth-order valence-corrected chi connectivity index (χ4v) is 8.84. The highest BCUT2D eigenvalue weighted by Crippen LogP contribution is 2.49. The number of fused-ring (bicyclic) bond motifs is 3. The van der Waals surface area contributed by atoms with E-state index >= 15 is 0 Å². The molecule has 2 aliphatic heterocycles. The highest BCUT2D eigenvalue weighted by atomic mass is 16.6. The number of nitriles is 1. The molecule has 1 aromatic heterocycles. The van der Waals surface area contributed by atoms with Crippen LogP contribution in [0.25, 0.3) is 0 Å². The number of hydrogen-bond donors (Lipinski definition) is 0. The molecule has 1 unspecified atom stereocenters. The zero-order chi connectivity index (χ0) is 36.5. The number of amides is 1. The van der Waals surface area contributed by atoms with Crippen LogP contribution in [0, 0.1) is 18.3 Å². The number of aryl methyl sites for hydroxylation is 1. The molecule has 0 saturated carbocycles. The third kappa shape index (κ3) is 7.71. The monoisotopic (exact) mass is 706 g/mol. The molecule has 10 nitrogen and oxygen atoms in total. The van der Waals surface area contributed by atoms with E-state index in [1.54, 1.807) is 4.90 Å². The predicted octanol–water partition coefficient (Wildman–Crippen LogP) is 6.94. The molecule has 0 bridgehead atoms. The van der Waals surface area contributed by atoms with Gasteiger partial charge in [0.25, 0.3) is 0 Å². The minimum atomic E-state index is -0.613. The van der Waals surface area contributed by atoms with E-state index in [0.29, 0.717) is 44.9 Å². The number of nitrogens with zero attached hydrogens (tertiary/aromatic N) is 6. The van der Waals surface area contributed by atoms with Crippen LogP contribution < -0.4 is 14.4 Å². The van der Waals surface area contributed by atoms with Crippen molar-refractivity contribution in [3.63, 3.8) is 0 Å². The second-order valence-electron chi connectivity index (χ2n) is 16.3. The van der Waals surface area contributed by atoms with E-state index in [0.717, 1.165) is 79.9 Å². The Hall–Kier alpha value is -4.36. The van der Waals surface area contributed by atoms with Crippen molar-refractivity contribution < 1.29 is 19.0 Å². The molecule has 10 heteroatoms. The predicted molar refractivity (Wildman–Crippen MR) is 201 cm³/mol. The van der Waals surface area contributed by atoms with Crippen LogP contribution in [0.15, 0.2) is 42.5 Å². The molecule has 3 aromatic rings. The van der Waals surface area contributed by atoms with Gasteiger partial charge in [0.1, 0.15) is 30.4 Å². The molecule has 2 aliphatic carbocycles. The highest BCUT2D eigenvalue weighted by molar-refractivity contribution is 5.69. The van der Waals surface area contributed by atoms with Crippen molar-refractivity contribution in [3.8, 4) is 17.8 Å². The molecule has 276 valence electrons. The third-order valence-electron chi connectivity index (χ3n) is 11.6. The molecule has 3 heterocycles. The molecule has 2 fully saturated rings. The second-order valence-corrected chi connectivity index (χ2v) is 16.3. The first-order valence-electron chi connectivity index (χ1n) is 19.2. The maximum Gasteiger partial charge on any atom is 0.410 e. The van der Waals surface area contributed by atoms with Crippen LogP contribution in [-0.2, 0) is 36.0 Å². The number of carbonyl (C=O) groups is 1. The number of hydrogen-bond acceptors (Lipinski definition) is 9. The van der Waals surface area contributed by atoms with E-state index in [1.165, 1.54) is 23.1 Å². The molecule has 0 N–H and O–H groups in total. The SMILES string of the molecule is Cc1cc(OCc2ccccc2)cc2c1CCCC21CCc2c(nc(OC[C@@H]3CCCN3C)nc2N2CCN(C(=O)OC(C)(C)C)[C@@H](CC#N)C2)C1. The number of aromatic nitrogens is 2. The number of rotatable bonds is 8. The normalized spacial score (nSPS) is 23.2. The summed E-state index contributed by atoms with van der Waals surface area (Å²) in [6.45, 7) is 11.5. The number of anilines is 1. The Kier molecular flexibility index (Phi) is 10.3. The van der Waals surface area contributed by atoms with Gasteiger partial charge in [-0.1, -0.05) is 30.3 Å². The van der Waals surface area contributed by atoms with Crippen LogP contribution in [0.5, 0.6) is 11.8 Å². The van der Waals surface area contributed by atoms with E-state index in [2.05, 4.69) is 66.2 Å². The van der Waals surface area contributed by atoms with Crippen LogP contribution in [0.4, 0.5) is 10.6 Å². The summed E-state index contributed by atoms with van der Waals surface area (Å²) in [5.74, 6) is 1.81. The second kappa shape index (κ2) is 14.9. The van der Waals surface area contributed by atoms with E-state index in [-0.39, 0.29) is 24.0 Å². The zero-order valence-electron chi connectivity index (χ0n) is 31.6. The third-order valence-corrected chi connectivity index (χ3v) is 11.6. The maximum atomic E-state index is 13.2. The van der Waals surface area contributed by atoms with Gasteiger partial charge in [-0.15, -0.1) is 0 Å². The first kappa shape index (κ1) is 36.0. The molecule has 3 atom stereocenters. The van der Waals surface area contributed by atoms with Crippen molar-refractivity contribution in [1.29, 1.82) is 5.26 Å². The minimum Gasteiger partial charge on any atom is -0.489 e. The quantitative estimate of drug-likeness (QED) is 0.247. The Morgan fingerprint density at radius 1 is 1.00 bits per heavy atom. The molecule has 1 spiro atoms. The van der Waals surface area contributed by atoms with Gasteiger partial charge in [-0.3, -0.25) is 0 Å². The van der Waals surface area contributed by atoms with Crippen LogP contribution in [0.3, 0.4) is 0 Å². The summed E-state index contributed by atoms with van der Waals surface area (Å²) in [7, 11) is 2.16. The van der Waals surface area contributed by atoms with E-state index in [9.17, 15) is 10.1 Å². The topological polar surface area (TPSA) is 104 Å². The van der Waals surface area contributed by atoms with Gasteiger partial charge >= 0.3 is 12.1 Å². The average molecular weight is 707 g/mol. The molecule has 2 aromatic carbocycles. The Morgan fingerprint density at radius 2 is 1.83 bits per heavy atom. The van der Waals surface area contributed by atoms with E-state index < -0.39 is 5.60 Å². The van der Waals surface area contributed by atoms with Crippen molar-refractivity contribution in [3.05, 3.63) is 76.0 Å². The molecular formula is C42H54N6O4. The Labute approximate surface area is 309 Å². The number of benzene rings is 2. The van der Waals surface area contributed by atoms with E-state index in [1.807, 2.05) is 26.8 Å². The summed E-state index contributed by atoms with van der Waals surface area (Å²) in [4.78, 5) is 29.9. The largest absolute Gasteiger partial charge is 0.489 e. The zero-order valence-corrected chi connectivity index (χ0v) is 31.6. The van der Waals surface area contributed by atoms with Crippen LogP contribution in [-0.4, -0.2) is 83.4 Å². The van der Waals surface area contributed by atoms with Gasteiger partial charge in [0.05, 0.1) is 24.2 Å². The summed E-state index contributed by atoms with van der Waals surface area (Å²) in [6.07, 6.45) is 8.09. The summed E-state index contributed by atoms with van der Waals surface area (Å²) in [6, 6.07) is 17.6. The van der Waals surface area contributed by atoms with Gasteiger partial charge in [-0.25, -0.2) is 4.79 Å². The highest BCUT2D eigenvalue weighted by Gasteiger charge is 2.43. The molecular weight excluding hydrogens is 652 g/mol. The van der Waals surface area contributed by atoms with Crippen LogP contribution in [0.2, 0.25) is 0 Å². The van der Waals surface area contributed by atoms with Crippen molar-refractivity contribution >= 4 is 11.9 Å². The number of ether oxygens (including phenoxy) is 3. The molecule has 4 aliphatic rings. The smallest absolute Gasteiger partial charge is 0.410 e. The van der Waals surface area contributed by atoms with Gasteiger partial charge in [-0.2, -0.15) is 15.2 Å². The Bertz CT molecular complexity index is 1800. The summed E-state index contributed by atoms with van der Waals surface area (Å²) in [5, 5.41) is 9.78. The number of likely N-dealkylation sites (tertiary alicyclic amines) is 1. The van der Waals surface area contributed by atoms with Crippen molar-refractivity contribution in [1.82, 2.24) is 19.8 Å². The fraction of sp³-hybridized carbons (Fsp3) is 0.571. The van der Waals surface area contributed by atoms with Gasteiger partial charge in [0.15, 0.2) is 0 Å². The number of piperazine rings is 1. The van der Waals surface area contributed by atoms with Crippen LogP contribution in [0.1, 0.15) is 92.8 Å². The minimum absolute atomic E-state index is 0.0508. The summed E-state index contributed by atoms with van der Waals surface area (Å²) in [5.41, 5.74) is 6.87. The standard InChI is InChI=1S/C42H54N6O4/c1-29-23-33(50-27-30-11-7-6-8-12-30)24-36-34(29)14-9-17-42(36)18-15-35-37(25-42)44-39(51-28-32-13-10-20-46(32)5)45-38(35)47-21-22-48(31(26-47)16-19-43)40(49)52-41(2,3)4/h6-8,11-12,23-24,31-32H,9-10,13-18,20-22,25-28H2,1-5H3/t31-,32-,42?/m0/s1. The lowest BCUT2D eigenvalue weighted by Gasteiger charge is -2.45. The number of likely N-dealkylation sites (N-methyl/N-ethyl adjacent to an activating group) is 1. The van der Waals surface area contributed by atoms with Crippen molar-refractivity contribution in [2.24, 2.45) is 0 Å². The van der Waals surface area contributed by atoms with Crippen molar-refractivity contribution in [2.45, 2.75) is 115 Å². The molecule has 7 rings (SSSR count). The van der Waals surface area contributed by atoms with Crippen molar-refractivity contribution in [2.75, 3.05) is 44.7 Å².